The van der Waals surface area contributed by atoms with Crippen LogP contribution in [0.15, 0.2) is 53.0 Å². The maximum Gasteiger partial charge on any atom is 0.261 e. The van der Waals surface area contributed by atoms with E-state index in [1.807, 2.05) is 24.3 Å². The zero-order chi connectivity index (χ0) is 19.1. The first-order chi connectivity index (χ1) is 12.4. The molecule has 0 aliphatic heterocycles. The van der Waals surface area contributed by atoms with Crippen LogP contribution in [0.25, 0.3) is 0 Å². The first kappa shape index (κ1) is 20.3. The van der Waals surface area contributed by atoms with Crippen LogP contribution in [-0.4, -0.2) is 36.4 Å². The number of likely N-dealkylation sites (N-methyl/N-ethyl adjacent to an activating group) is 1. The predicted molar refractivity (Wildman–Crippen MR) is 105 cm³/mol. The lowest BCUT2D eigenvalue weighted by molar-refractivity contribution is -0.142. The third-order valence-corrected chi connectivity index (χ3v) is 4.64. The number of halogens is 2. The number of rotatable bonds is 7. The molecule has 7 heteroatoms. The van der Waals surface area contributed by atoms with E-state index in [0.717, 1.165) is 10.0 Å². The van der Waals surface area contributed by atoms with E-state index in [2.05, 4.69) is 21.2 Å². The standard InChI is InChI=1S/C19H20BrClN2O3/c1-13(19(25)22-2)23(11-14-3-7-16(21)8-4-14)18(24)12-26-17-9-5-15(20)6-10-17/h3-10,13H,11-12H2,1-2H3,(H,22,25)/t13-/m0/s1. The number of benzene rings is 2. The summed E-state index contributed by atoms with van der Waals surface area (Å²) >= 11 is 9.26. The lowest BCUT2D eigenvalue weighted by Gasteiger charge is -2.28. The number of carbonyl (C=O) groups is 2. The molecule has 2 aromatic rings. The Hall–Kier alpha value is -2.05. The SMILES string of the molecule is CNC(=O)[C@H](C)N(Cc1ccc(Cl)cc1)C(=O)COc1ccc(Br)cc1. The Morgan fingerprint density at radius 1 is 1.15 bits per heavy atom. The summed E-state index contributed by atoms with van der Waals surface area (Å²) < 4.78 is 6.48. The van der Waals surface area contributed by atoms with Crippen LogP contribution in [0, 0.1) is 0 Å². The van der Waals surface area contributed by atoms with Crippen LogP contribution in [0.3, 0.4) is 0 Å². The van der Waals surface area contributed by atoms with Gasteiger partial charge in [-0.05, 0) is 48.9 Å². The van der Waals surface area contributed by atoms with Crippen LogP contribution in [-0.2, 0) is 16.1 Å². The maximum atomic E-state index is 12.7. The molecular formula is C19H20BrClN2O3. The van der Waals surface area contributed by atoms with Crippen molar-refractivity contribution < 1.29 is 14.3 Å². The highest BCUT2D eigenvalue weighted by atomic mass is 79.9. The fourth-order valence-electron chi connectivity index (χ4n) is 2.34. The Morgan fingerprint density at radius 3 is 2.35 bits per heavy atom. The van der Waals surface area contributed by atoms with E-state index in [-0.39, 0.29) is 25.0 Å². The van der Waals surface area contributed by atoms with Crippen LogP contribution in [0.4, 0.5) is 0 Å². The average molecular weight is 440 g/mol. The number of nitrogens with one attached hydrogen (secondary N) is 1. The van der Waals surface area contributed by atoms with Gasteiger partial charge in [-0.2, -0.15) is 0 Å². The molecule has 0 saturated heterocycles. The molecule has 0 heterocycles. The van der Waals surface area contributed by atoms with Crippen LogP contribution in [0.2, 0.25) is 5.02 Å². The van der Waals surface area contributed by atoms with Gasteiger partial charge in [0.25, 0.3) is 5.91 Å². The van der Waals surface area contributed by atoms with Gasteiger partial charge in [0.05, 0.1) is 0 Å². The number of ether oxygens (including phenoxy) is 1. The molecule has 138 valence electrons. The van der Waals surface area contributed by atoms with Crippen molar-refractivity contribution in [2.24, 2.45) is 0 Å². The first-order valence-electron chi connectivity index (χ1n) is 8.04. The molecule has 2 aromatic carbocycles. The van der Waals surface area contributed by atoms with Gasteiger partial charge in [-0.15, -0.1) is 0 Å². The first-order valence-corrected chi connectivity index (χ1v) is 9.21. The molecule has 0 unspecified atom stereocenters. The monoisotopic (exact) mass is 438 g/mol. The van der Waals surface area contributed by atoms with Crippen molar-refractivity contribution in [3.8, 4) is 5.75 Å². The molecule has 0 aliphatic rings. The third-order valence-electron chi connectivity index (χ3n) is 3.86. The highest BCUT2D eigenvalue weighted by Gasteiger charge is 2.25. The predicted octanol–water partition coefficient (Wildman–Crippen LogP) is 3.64. The fourth-order valence-corrected chi connectivity index (χ4v) is 2.73. The summed E-state index contributed by atoms with van der Waals surface area (Å²) in [6.07, 6.45) is 0. The Labute approximate surface area is 166 Å². The molecular weight excluding hydrogens is 420 g/mol. The quantitative estimate of drug-likeness (QED) is 0.716. The van der Waals surface area contributed by atoms with Crippen molar-refractivity contribution in [1.82, 2.24) is 10.2 Å². The molecule has 0 spiro atoms. The van der Waals surface area contributed by atoms with Crippen LogP contribution in [0.1, 0.15) is 12.5 Å². The molecule has 1 atom stereocenters. The summed E-state index contributed by atoms with van der Waals surface area (Å²) in [6.45, 7) is 1.82. The number of amides is 2. The Kier molecular flexibility index (Phi) is 7.48. The van der Waals surface area contributed by atoms with Gasteiger partial charge in [0.15, 0.2) is 6.61 Å². The summed E-state index contributed by atoms with van der Waals surface area (Å²) in [4.78, 5) is 26.2. The Morgan fingerprint density at radius 2 is 1.77 bits per heavy atom. The fraction of sp³-hybridized carbons (Fsp3) is 0.263. The highest BCUT2D eigenvalue weighted by Crippen LogP contribution is 2.17. The van der Waals surface area contributed by atoms with E-state index in [1.54, 1.807) is 38.2 Å². The molecule has 0 aromatic heterocycles. The molecule has 1 N–H and O–H groups in total. The molecule has 0 bridgehead atoms. The third kappa shape index (κ3) is 5.75. The summed E-state index contributed by atoms with van der Waals surface area (Å²) in [7, 11) is 1.54. The van der Waals surface area contributed by atoms with Crippen LogP contribution >= 0.6 is 27.5 Å². The number of carbonyl (C=O) groups excluding carboxylic acids is 2. The second kappa shape index (κ2) is 9.59. The van der Waals surface area contributed by atoms with Gasteiger partial charge < -0.3 is 15.0 Å². The van der Waals surface area contributed by atoms with Gasteiger partial charge in [0.2, 0.25) is 5.91 Å². The molecule has 0 aliphatic carbocycles. The van der Waals surface area contributed by atoms with Crippen molar-refractivity contribution >= 4 is 39.3 Å². The largest absolute Gasteiger partial charge is 0.484 e. The van der Waals surface area contributed by atoms with Gasteiger partial charge in [0, 0.05) is 23.1 Å². The van der Waals surface area contributed by atoms with E-state index in [1.165, 1.54) is 4.90 Å². The molecule has 0 fully saturated rings. The Balaban J connectivity index is 2.10. The normalized spacial score (nSPS) is 11.5. The van der Waals surface area contributed by atoms with Gasteiger partial charge in [-0.1, -0.05) is 39.7 Å². The summed E-state index contributed by atoms with van der Waals surface area (Å²) in [5, 5.41) is 3.19. The van der Waals surface area contributed by atoms with Gasteiger partial charge in [-0.25, -0.2) is 0 Å². The smallest absolute Gasteiger partial charge is 0.261 e. The van der Waals surface area contributed by atoms with Gasteiger partial charge in [-0.3, -0.25) is 9.59 Å². The van der Waals surface area contributed by atoms with E-state index in [0.29, 0.717) is 10.8 Å². The Bertz CT molecular complexity index is 750. The van der Waals surface area contributed by atoms with E-state index in [4.69, 9.17) is 16.3 Å². The summed E-state index contributed by atoms with van der Waals surface area (Å²) in [6, 6.07) is 13.7. The van der Waals surface area contributed by atoms with Crippen molar-refractivity contribution in [3.05, 3.63) is 63.6 Å². The minimum atomic E-state index is -0.628. The van der Waals surface area contributed by atoms with E-state index < -0.39 is 6.04 Å². The lowest BCUT2D eigenvalue weighted by atomic mass is 10.1. The maximum absolute atomic E-state index is 12.7. The molecule has 2 rings (SSSR count). The molecule has 26 heavy (non-hydrogen) atoms. The van der Waals surface area contributed by atoms with Gasteiger partial charge >= 0.3 is 0 Å². The van der Waals surface area contributed by atoms with Crippen molar-refractivity contribution in [2.75, 3.05) is 13.7 Å². The van der Waals surface area contributed by atoms with Crippen LogP contribution < -0.4 is 10.1 Å². The molecule has 5 nitrogen and oxygen atoms in total. The summed E-state index contributed by atoms with van der Waals surface area (Å²) in [5.74, 6) is 0.0653. The minimum Gasteiger partial charge on any atom is -0.484 e. The van der Waals surface area contributed by atoms with Crippen LogP contribution in [0.5, 0.6) is 5.75 Å². The molecule has 0 radical (unpaired) electrons. The van der Waals surface area contributed by atoms with Gasteiger partial charge in [0.1, 0.15) is 11.8 Å². The lowest BCUT2D eigenvalue weighted by Crippen LogP contribution is -2.48. The molecule has 0 saturated carbocycles. The second-order valence-electron chi connectivity index (χ2n) is 5.68. The average Bonchev–Trinajstić information content (AvgIpc) is 2.65. The number of hydrogen-bond acceptors (Lipinski definition) is 3. The zero-order valence-corrected chi connectivity index (χ0v) is 16.9. The van der Waals surface area contributed by atoms with E-state index >= 15 is 0 Å². The van der Waals surface area contributed by atoms with Crippen molar-refractivity contribution in [1.29, 1.82) is 0 Å². The number of nitrogens with zero attached hydrogens (tertiary/aromatic N) is 1. The number of hydrogen-bond donors (Lipinski definition) is 1. The second-order valence-corrected chi connectivity index (χ2v) is 7.03. The summed E-state index contributed by atoms with van der Waals surface area (Å²) in [5.41, 5.74) is 0.877. The zero-order valence-electron chi connectivity index (χ0n) is 14.5. The topological polar surface area (TPSA) is 58.6 Å². The highest BCUT2D eigenvalue weighted by molar-refractivity contribution is 9.10. The van der Waals surface area contributed by atoms with Crippen molar-refractivity contribution in [3.63, 3.8) is 0 Å². The molecule has 2 amide bonds. The van der Waals surface area contributed by atoms with Crippen molar-refractivity contribution in [2.45, 2.75) is 19.5 Å². The minimum absolute atomic E-state index is 0.156. The van der Waals surface area contributed by atoms with E-state index in [9.17, 15) is 9.59 Å².